The molecule has 0 radical (unpaired) electrons. The van der Waals surface area contributed by atoms with Crippen LogP contribution in [0.2, 0.25) is 0 Å². The van der Waals surface area contributed by atoms with Gasteiger partial charge in [-0.1, -0.05) is 12.1 Å². The second-order valence-corrected chi connectivity index (χ2v) is 9.05. The fourth-order valence-electron chi connectivity index (χ4n) is 4.81. The molecule has 25 heavy (non-hydrogen) atoms. The molecule has 1 spiro atoms. The number of likely N-dealkylation sites (tertiary alicyclic amines) is 1. The van der Waals surface area contributed by atoms with Gasteiger partial charge in [0.15, 0.2) is 0 Å². The molecule has 5 heteroatoms. The summed E-state index contributed by atoms with van der Waals surface area (Å²) in [5, 5.41) is 4.68. The number of rotatable bonds is 2. The van der Waals surface area contributed by atoms with Crippen LogP contribution in [0.15, 0.2) is 24.3 Å². The van der Waals surface area contributed by atoms with Crippen LogP contribution in [0.5, 0.6) is 0 Å². The second-order valence-electron chi connectivity index (χ2n) is 7.99. The van der Waals surface area contributed by atoms with Gasteiger partial charge in [-0.15, -0.1) is 11.3 Å². The van der Waals surface area contributed by atoms with Crippen LogP contribution in [0.4, 0.5) is 0 Å². The molecule has 1 atom stereocenters. The third-order valence-electron chi connectivity index (χ3n) is 6.55. The van der Waals surface area contributed by atoms with Crippen molar-refractivity contribution in [3.05, 3.63) is 29.3 Å². The molecule has 2 aliphatic heterocycles. The van der Waals surface area contributed by atoms with Crippen LogP contribution in [0.25, 0.3) is 10.2 Å². The van der Waals surface area contributed by atoms with Crippen molar-refractivity contribution >= 4 is 27.5 Å². The predicted octanol–water partition coefficient (Wildman–Crippen LogP) is 3.39. The van der Waals surface area contributed by atoms with Gasteiger partial charge < -0.3 is 10.2 Å². The van der Waals surface area contributed by atoms with Crippen LogP contribution in [0.3, 0.4) is 0 Å². The lowest BCUT2D eigenvalue weighted by atomic mass is 9.91. The summed E-state index contributed by atoms with van der Waals surface area (Å²) in [7, 11) is 0. The maximum Gasteiger partial charge on any atom is 0.226 e. The van der Waals surface area contributed by atoms with Gasteiger partial charge in [0.05, 0.1) is 15.2 Å². The maximum atomic E-state index is 12.9. The zero-order chi connectivity index (χ0) is 16.9. The molecule has 1 amide bonds. The van der Waals surface area contributed by atoms with E-state index in [1.54, 1.807) is 0 Å². The number of nitrogens with one attached hydrogen (secondary N) is 1. The molecule has 4 nitrogen and oxygen atoms in total. The van der Waals surface area contributed by atoms with Gasteiger partial charge in [-0.05, 0) is 62.7 Å². The Labute approximate surface area is 152 Å². The Kier molecular flexibility index (Phi) is 3.82. The first-order valence-electron chi connectivity index (χ1n) is 9.60. The minimum atomic E-state index is 0.314. The minimum absolute atomic E-state index is 0.314. The van der Waals surface area contributed by atoms with Crippen molar-refractivity contribution in [2.45, 2.75) is 38.0 Å². The van der Waals surface area contributed by atoms with E-state index in [0.717, 1.165) is 51.0 Å². The van der Waals surface area contributed by atoms with Crippen molar-refractivity contribution in [3.63, 3.8) is 0 Å². The van der Waals surface area contributed by atoms with Crippen LogP contribution in [0, 0.1) is 11.3 Å². The smallest absolute Gasteiger partial charge is 0.226 e. The largest absolute Gasteiger partial charge is 0.342 e. The zero-order valence-corrected chi connectivity index (χ0v) is 15.4. The van der Waals surface area contributed by atoms with Crippen molar-refractivity contribution in [1.82, 2.24) is 15.2 Å². The highest BCUT2D eigenvalue weighted by molar-refractivity contribution is 7.18. The van der Waals surface area contributed by atoms with Crippen molar-refractivity contribution in [2.24, 2.45) is 11.3 Å². The number of piperidine rings is 2. The average molecular weight is 356 g/mol. The predicted molar refractivity (Wildman–Crippen MR) is 101 cm³/mol. The van der Waals surface area contributed by atoms with Crippen molar-refractivity contribution in [2.75, 3.05) is 26.2 Å². The van der Waals surface area contributed by atoms with E-state index in [0.29, 0.717) is 23.2 Å². The fraction of sp³-hybridized carbons (Fsp3) is 0.600. The molecule has 132 valence electrons. The van der Waals surface area contributed by atoms with Gasteiger partial charge in [-0.3, -0.25) is 4.79 Å². The molecule has 1 saturated carbocycles. The minimum Gasteiger partial charge on any atom is -0.342 e. The van der Waals surface area contributed by atoms with Crippen LogP contribution in [-0.4, -0.2) is 42.0 Å². The topological polar surface area (TPSA) is 45.2 Å². The zero-order valence-electron chi connectivity index (χ0n) is 14.5. The van der Waals surface area contributed by atoms with Gasteiger partial charge in [0.2, 0.25) is 5.91 Å². The Hall–Kier alpha value is -1.46. The maximum absolute atomic E-state index is 12.9. The Morgan fingerprint density at radius 2 is 1.96 bits per heavy atom. The fourth-order valence-corrected chi connectivity index (χ4v) is 5.94. The highest BCUT2D eigenvalue weighted by Crippen LogP contribution is 2.59. The first-order chi connectivity index (χ1) is 12.3. The van der Waals surface area contributed by atoms with E-state index < -0.39 is 0 Å². The summed E-state index contributed by atoms with van der Waals surface area (Å²) < 4.78 is 1.28. The first kappa shape index (κ1) is 15.8. The summed E-state index contributed by atoms with van der Waals surface area (Å²) >= 11 is 1.83. The monoisotopic (exact) mass is 355 g/mol. The number of carbonyl (C=O) groups excluding carboxylic acids is 1. The first-order valence-corrected chi connectivity index (χ1v) is 10.4. The van der Waals surface area contributed by atoms with Gasteiger partial charge in [0, 0.05) is 24.9 Å². The molecule has 0 bridgehead atoms. The van der Waals surface area contributed by atoms with E-state index >= 15 is 0 Å². The SMILES string of the molecule is O=C(C1CC12CCNCC2)N1CCC(c2nc3ccccc3s2)CC1. The summed E-state index contributed by atoms with van der Waals surface area (Å²) in [6.07, 6.45) is 5.63. The lowest BCUT2D eigenvalue weighted by Gasteiger charge is -2.32. The molecule has 3 fully saturated rings. The number of hydrogen-bond donors (Lipinski definition) is 1. The van der Waals surface area contributed by atoms with E-state index in [1.807, 2.05) is 11.3 Å². The standard InChI is InChI=1S/C20H25N3OS/c24-19(15-13-20(15)7-9-21-10-8-20)23-11-5-14(6-12-23)18-22-16-3-1-2-4-17(16)25-18/h1-4,14-15,21H,5-13H2. The summed E-state index contributed by atoms with van der Waals surface area (Å²) in [5.41, 5.74) is 1.47. The summed E-state index contributed by atoms with van der Waals surface area (Å²) in [6.45, 7) is 3.99. The van der Waals surface area contributed by atoms with E-state index in [9.17, 15) is 4.79 Å². The number of amides is 1. The quantitative estimate of drug-likeness (QED) is 0.898. The molecule has 1 aliphatic carbocycles. The molecule has 3 heterocycles. The summed E-state index contributed by atoms with van der Waals surface area (Å²) in [5.74, 6) is 1.27. The number of carbonyl (C=O) groups is 1. The molecule has 1 aromatic carbocycles. The number of nitrogens with zero attached hydrogens (tertiary/aromatic N) is 2. The average Bonchev–Trinajstić information content (AvgIpc) is 3.16. The van der Waals surface area contributed by atoms with Gasteiger partial charge in [0.25, 0.3) is 0 Å². The van der Waals surface area contributed by atoms with E-state index in [4.69, 9.17) is 4.98 Å². The third-order valence-corrected chi connectivity index (χ3v) is 7.75. The van der Waals surface area contributed by atoms with Crippen molar-refractivity contribution < 1.29 is 4.79 Å². The summed E-state index contributed by atoms with van der Waals surface area (Å²) in [4.78, 5) is 19.9. The number of thiazole rings is 1. The Morgan fingerprint density at radius 3 is 2.72 bits per heavy atom. The molecule has 5 rings (SSSR count). The second kappa shape index (κ2) is 6.06. The van der Waals surface area contributed by atoms with Crippen molar-refractivity contribution in [1.29, 1.82) is 0 Å². The van der Waals surface area contributed by atoms with E-state index in [1.165, 1.54) is 22.5 Å². The third kappa shape index (κ3) is 2.77. The molecule has 1 unspecified atom stereocenters. The van der Waals surface area contributed by atoms with Crippen molar-refractivity contribution in [3.8, 4) is 0 Å². The number of benzene rings is 1. The highest BCUT2D eigenvalue weighted by atomic mass is 32.1. The van der Waals surface area contributed by atoms with Crippen LogP contribution in [-0.2, 0) is 4.79 Å². The molecule has 1 aromatic heterocycles. The van der Waals surface area contributed by atoms with Gasteiger partial charge in [-0.2, -0.15) is 0 Å². The molecule has 3 aliphatic rings. The van der Waals surface area contributed by atoms with Gasteiger partial charge >= 0.3 is 0 Å². The summed E-state index contributed by atoms with van der Waals surface area (Å²) in [6, 6.07) is 8.39. The Morgan fingerprint density at radius 1 is 1.20 bits per heavy atom. The number of hydrogen-bond acceptors (Lipinski definition) is 4. The number of fused-ring (bicyclic) bond motifs is 1. The Bertz CT molecular complexity index is 754. The lowest BCUT2D eigenvalue weighted by Crippen LogP contribution is -2.40. The number of aromatic nitrogens is 1. The van der Waals surface area contributed by atoms with Crippen LogP contribution >= 0.6 is 11.3 Å². The lowest BCUT2D eigenvalue weighted by molar-refractivity contribution is -0.134. The molecule has 2 aromatic rings. The van der Waals surface area contributed by atoms with Crippen LogP contribution in [0.1, 0.15) is 43.0 Å². The molecular weight excluding hydrogens is 330 g/mol. The number of para-hydroxylation sites is 1. The molecular formula is C20H25N3OS. The molecule has 1 N–H and O–H groups in total. The van der Waals surface area contributed by atoms with Gasteiger partial charge in [-0.25, -0.2) is 4.98 Å². The van der Waals surface area contributed by atoms with Crippen LogP contribution < -0.4 is 5.32 Å². The normalized spacial score (nSPS) is 26.2. The Balaban J connectivity index is 1.22. The van der Waals surface area contributed by atoms with Gasteiger partial charge in [0.1, 0.15) is 0 Å². The molecule has 2 saturated heterocycles. The van der Waals surface area contributed by atoms with E-state index in [-0.39, 0.29) is 0 Å². The highest BCUT2D eigenvalue weighted by Gasteiger charge is 2.58. The van der Waals surface area contributed by atoms with E-state index in [2.05, 4.69) is 34.5 Å².